The van der Waals surface area contributed by atoms with E-state index in [-0.39, 0.29) is 11.3 Å². The lowest BCUT2D eigenvalue weighted by atomic mass is 9.98. The zero-order valence-electron chi connectivity index (χ0n) is 11.3. The monoisotopic (exact) mass is 287 g/mol. The molecule has 1 aromatic rings. The van der Waals surface area contributed by atoms with Gasteiger partial charge >= 0.3 is 6.18 Å². The van der Waals surface area contributed by atoms with Crippen LogP contribution in [-0.4, -0.2) is 31.6 Å². The first-order valence-corrected chi connectivity index (χ1v) is 6.27. The number of hydrogen-bond acceptors (Lipinski definition) is 3. The van der Waals surface area contributed by atoms with Gasteiger partial charge in [-0.3, -0.25) is 4.79 Å². The fraction of sp³-hybridized carbons (Fsp3) is 0.500. The van der Waals surface area contributed by atoms with E-state index in [0.717, 1.165) is 6.07 Å². The number of anilines is 1. The Morgan fingerprint density at radius 1 is 1.35 bits per heavy atom. The van der Waals surface area contributed by atoms with Crippen molar-refractivity contribution in [3.8, 4) is 0 Å². The summed E-state index contributed by atoms with van der Waals surface area (Å²) in [6.45, 7) is 4.80. The van der Waals surface area contributed by atoms with Gasteiger partial charge in [0.05, 0.1) is 24.3 Å². The van der Waals surface area contributed by atoms with E-state index in [9.17, 15) is 18.0 Å². The second-order valence-corrected chi connectivity index (χ2v) is 5.41. The molecule has 1 aromatic carbocycles. The van der Waals surface area contributed by atoms with Crippen molar-refractivity contribution in [3.63, 3.8) is 0 Å². The highest BCUT2D eigenvalue weighted by Crippen LogP contribution is 2.39. The summed E-state index contributed by atoms with van der Waals surface area (Å²) < 4.78 is 44.9. The molecule has 2 rings (SSSR count). The Bertz CT molecular complexity index is 512. The molecule has 110 valence electrons. The number of ether oxygens (including phenoxy) is 1. The van der Waals surface area contributed by atoms with E-state index >= 15 is 0 Å². The number of carbonyl (C=O) groups is 1. The molecule has 3 nitrogen and oxygen atoms in total. The number of morpholine rings is 1. The number of aldehydes is 1. The highest BCUT2D eigenvalue weighted by molar-refractivity contribution is 5.77. The zero-order valence-corrected chi connectivity index (χ0v) is 11.3. The van der Waals surface area contributed by atoms with E-state index in [0.29, 0.717) is 26.0 Å². The van der Waals surface area contributed by atoms with Crippen LogP contribution < -0.4 is 4.90 Å². The van der Waals surface area contributed by atoms with Gasteiger partial charge in [-0.15, -0.1) is 0 Å². The van der Waals surface area contributed by atoms with E-state index in [1.807, 2.05) is 13.8 Å². The molecule has 1 heterocycles. The summed E-state index contributed by atoms with van der Waals surface area (Å²) in [4.78, 5) is 12.4. The lowest BCUT2D eigenvalue weighted by Crippen LogP contribution is -2.53. The van der Waals surface area contributed by atoms with Crippen LogP contribution in [0.15, 0.2) is 18.2 Å². The van der Waals surface area contributed by atoms with E-state index < -0.39 is 17.3 Å². The standard InChI is InChI=1S/C14H16F3NO2/c1-13(2)9-20-6-5-18(13)12-4-3-10(8-19)7-11(12)14(15,16)17/h3-4,7-8H,5-6,9H2,1-2H3. The lowest BCUT2D eigenvalue weighted by Gasteiger charge is -2.44. The molecule has 6 heteroatoms. The minimum Gasteiger partial charge on any atom is -0.377 e. The van der Waals surface area contributed by atoms with Crippen LogP contribution in [0.4, 0.5) is 18.9 Å². The molecule has 0 bridgehead atoms. The van der Waals surface area contributed by atoms with E-state index in [4.69, 9.17) is 4.74 Å². The molecule has 0 amide bonds. The Hall–Kier alpha value is -1.56. The summed E-state index contributed by atoms with van der Waals surface area (Å²) in [6.07, 6.45) is -4.08. The molecule has 0 saturated carbocycles. The van der Waals surface area contributed by atoms with Gasteiger partial charge in [0.15, 0.2) is 0 Å². The van der Waals surface area contributed by atoms with Gasteiger partial charge in [0.1, 0.15) is 6.29 Å². The largest absolute Gasteiger partial charge is 0.418 e. The molecule has 0 spiro atoms. The molecule has 1 saturated heterocycles. The minimum absolute atomic E-state index is 0.0205. The summed E-state index contributed by atoms with van der Waals surface area (Å²) in [5.74, 6) is 0. The second kappa shape index (κ2) is 5.09. The van der Waals surface area contributed by atoms with E-state index in [2.05, 4.69) is 0 Å². The molecule has 1 aliphatic heterocycles. The van der Waals surface area contributed by atoms with Crippen molar-refractivity contribution < 1.29 is 22.7 Å². The Labute approximate surface area is 115 Å². The molecule has 1 fully saturated rings. The number of halogens is 3. The SMILES string of the molecule is CC1(C)COCCN1c1ccc(C=O)cc1C(F)(F)F. The minimum atomic E-state index is -4.50. The summed E-state index contributed by atoms with van der Waals surface area (Å²) in [5, 5.41) is 0. The van der Waals surface area contributed by atoms with Gasteiger partial charge in [0, 0.05) is 17.8 Å². The predicted octanol–water partition coefficient (Wildman–Crippen LogP) is 3.13. The van der Waals surface area contributed by atoms with Crippen LogP contribution in [0.1, 0.15) is 29.8 Å². The first kappa shape index (κ1) is 14.8. The molecule has 0 radical (unpaired) electrons. The van der Waals surface area contributed by atoms with Gasteiger partial charge in [-0.1, -0.05) is 0 Å². The van der Waals surface area contributed by atoms with Crippen LogP contribution >= 0.6 is 0 Å². The number of alkyl halides is 3. The van der Waals surface area contributed by atoms with Crippen molar-refractivity contribution >= 4 is 12.0 Å². The van der Waals surface area contributed by atoms with Crippen LogP contribution in [0.3, 0.4) is 0 Å². The van der Waals surface area contributed by atoms with Gasteiger partial charge in [0.25, 0.3) is 0 Å². The molecule has 1 aliphatic rings. The van der Waals surface area contributed by atoms with Gasteiger partial charge in [0.2, 0.25) is 0 Å². The van der Waals surface area contributed by atoms with E-state index in [1.165, 1.54) is 12.1 Å². The average molecular weight is 287 g/mol. The number of benzene rings is 1. The topological polar surface area (TPSA) is 29.5 Å². The normalized spacial score (nSPS) is 18.9. The third kappa shape index (κ3) is 2.80. The van der Waals surface area contributed by atoms with Crippen LogP contribution in [0.25, 0.3) is 0 Å². The van der Waals surface area contributed by atoms with Crippen LogP contribution in [-0.2, 0) is 10.9 Å². The van der Waals surface area contributed by atoms with Gasteiger partial charge in [-0.2, -0.15) is 13.2 Å². The number of rotatable bonds is 2. The fourth-order valence-electron chi connectivity index (χ4n) is 2.39. The Morgan fingerprint density at radius 2 is 2.05 bits per heavy atom. The molecular formula is C14H16F3NO2. The summed E-state index contributed by atoms with van der Waals surface area (Å²) in [5.41, 5.74) is -1.19. The van der Waals surface area contributed by atoms with Gasteiger partial charge in [-0.05, 0) is 32.0 Å². The number of nitrogens with zero attached hydrogens (tertiary/aromatic N) is 1. The van der Waals surface area contributed by atoms with Crippen molar-refractivity contribution in [1.29, 1.82) is 0 Å². The van der Waals surface area contributed by atoms with Gasteiger partial charge < -0.3 is 9.64 Å². The van der Waals surface area contributed by atoms with Crippen molar-refractivity contribution in [2.45, 2.75) is 25.6 Å². The lowest BCUT2D eigenvalue weighted by molar-refractivity contribution is -0.137. The summed E-state index contributed by atoms with van der Waals surface area (Å²) in [7, 11) is 0. The molecule has 20 heavy (non-hydrogen) atoms. The summed E-state index contributed by atoms with van der Waals surface area (Å²) in [6, 6.07) is 3.66. The average Bonchev–Trinajstić information content (AvgIpc) is 2.36. The second-order valence-electron chi connectivity index (χ2n) is 5.41. The van der Waals surface area contributed by atoms with Crippen molar-refractivity contribution in [2.75, 3.05) is 24.7 Å². The quantitative estimate of drug-likeness (QED) is 0.783. The molecule has 0 atom stereocenters. The molecule has 0 aliphatic carbocycles. The third-order valence-corrected chi connectivity index (χ3v) is 3.40. The molecule has 0 aromatic heterocycles. The molecular weight excluding hydrogens is 271 g/mol. The maximum Gasteiger partial charge on any atom is 0.418 e. The molecule has 0 N–H and O–H groups in total. The van der Waals surface area contributed by atoms with Crippen molar-refractivity contribution in [1.82, 2.24) is 0 Å². The summed E-state index contributed by atoms with van der Waals surface area (Å²) >= 11 is 0. The number of hydrogen-bond donors (Lipinski definition) is 0. The number of carbonyl (C=O) groups excluding carboxylic acids is 1. The first-order valence-electron chi connectivity index (χ1n) is 6.27. The third-order valence-electron chi connectivity index (χ3n) is 3.40. The van der Waals surface area contributed by atoms with Crippen LogP contribution in [0, 0.1) is 0 Å². The van der Waals surface area contributed by atoms with E-state index in [1.54, 1.807) is 4.90 Å². The van der Waals surface area contributed by atoms with Crippen molar-refractivity contribution in [3.05, 3.63) is 29.3 Å². The fourth-order valence-corrected chi connectivity index (χ4v) is 2.39. The Morgan fingerprint density at radius 3 is 2.60 bits per heavy atom. The Balaban J connectivity index is 2.52. The highest BCUT2D eigenvalue weighted by Gasteiger charge is 2.39. The van der Waals surface area contributed by atoms with Crippen LogP contribution in [0.5, 0.6) is 0 Å². The van der Waals surface area contributed by atoms with Crippen LogP contribution in [0.2, 0.25) is 0 Å². The predicted molar refractivity (Wildman–Crippen MR) is 69.1 cm³/mol. The maximum absolute atomic E-state index is 13.2. The maximum atomic E-state index is 13.2. The first-order chi connectivity index (χ1) is 9.25. The zero-order chi connectivity index (χ0) is 15.0. The molecule has 0 unspecified atom stereocenters. The highest BCUT2D eigenvalue weighted by atomic mass is 19.4. The van der Waals surface area contributed by atoms with Crippen molar-refractivity contribution in [2.24, 2.45) is 0 Å². The smallest absolute Gasteiger partial charge is 0.377 e. The van der Waals surface area contributed by atoms with Gasteiger partial charge in [-0.25, -0.2) is 0 Å². The Kier molecular flexibility index (Phi) is 3.77.